The van der Waals surface area contributed by atoms with Crippen molar-refractivity contribution < 1.29 is 14.7 Å². The van der Waals surface area contributed by atoms with E-state index in [4.69, 9.17) is 11.0 Å². The van der Waals surface area contributed by atoms with Gasteiger partial charge in [0, 0.05) is 0 Å². The summed E-state index contributed by atoms with van der Waals surface area (Å²) in [5, 5.41) is 8.42. The molecule has 4 nitrogen and oxygen atoms in total. The molecule has 0 unspecified atom stereocenters. The molecule has 0 aliphatic carbocycles. The van der Waals surface area contributed by atoms with Crippen molar-refractivity contribution in [3.8, 4) is 0 Å². The quantitative estimate of drug-likeness (QED) is 0.564. The third-order valence-electron chi connectivity index (χ3n) is 1.13. The van der Waals surface area contributed by atoms with Gasteiger partial charge in [0.25, 0.3) is 0 Å². The first-order chi connectivity index (χ1) is 4.57. The molecule has 60 valence electrons. The Morgan fingerprint density at radius 2 is 2.20 bits per heavy atom. The molecular formula is C6H13NO3. The van der Waals surface area contributed by atoms with Crippen LogP contribution < -0.4 is 5.90 Å². The zero-order valence-corrected chi connectivity index (χ0v) is 6.20. The van der Waals surface area contributed by atoms with Gasteiger partial charge in [-0.15, -0.1) is 0 Å². The Balaban J connectivity index is 3.72. The number of carboxylic acids is 1. The van der Waals surface area contributed by atoms with Crippen molar-refractivity contribution in [3.63, 3.8) is 0 Å². The molecule has 0 aliphatic heterocycles. The van der Waals surface area contributed by atoms with Crippen LogP contribution in [-0.2, 0) is 9.63 Å². The largest absolute Gasteiger partial charge is 0.479 e. The lowest BCUT2D eigenvalue weighted by atomic mass is 10.1. The third-order valence-corrected chi connectivity index (χ3v) is 1.13. The standard InChI is InChI=1S/C6H13NO3/c1-4(2)3-5(10-7)6(8)9/h4-5H,3,7H2,1-2H3,(H,8,9)/t5-/m1/s1. The first-order valence-corrected chi connectivity index (χ1v) is 3.16. The first kappa shape index (κ1) is 9.39. The molecule has 0 fully saturated rings. The minimum absolute atomic E-state index is 0.282. The molecule has 0 radical (unpaired) electrons. The van der Waals surface area contributed by atoms with Crippen LogP contribution in [0.3, 0.4) is 0 Å². The highest BCUT2D eigenvalue weighted by Gasteiger charge is 2.17. The van der Waals surface area contributed by atoms with E-state index in [1.807, 2.05) is 13.8 Å². The minimum Gasteiger partial charge on any atom is -0.479 e. The van der Waals surface area contributed by atoms with Crippen LogP contribution in [0, 0.1) is 5.92 Å². The fourth-order valence-corrected chi connectivity index (χ4v) is 0.643. The van der Waals surface area contributed by atoms with Crippen LogP contribution in [0.4, 0.5) is 0 Å². The molecule has 0 saturated carbocycles. The van der Waals surface area contributed by atoms with Crippen LogP contribution in [0.15, 0.2) is 0 Å². The molecule has 1 atom stereocenters. The van der Waals surface area contributed by atoms with Crippen molar-refractivity contribution in [2.75, 3.05) is 0 Å². The lowest BCUT2D eigenvalue weighted by Crippen LogP contribution is -2.28. The van der Waals surface area contributed by atoms with Crippen LogP contribution in [-0.4, -0.2) is 17.2 Å². The molecule has 4 heteroatoms. The Bertz CT molecular complexity index is 114. The first-order valence-electron chi connectivity index (χ1n) is 3.16. The number of hydrogen-bond acceptors (Lipinski definition) is 3. The van der Waals surface area contributed by atoms with Gasteiger partial charge in [0.1, 0.15) is 0 Å². The average molecular weight is 147 g/mol. The van der Waals surface area contributed by atoms with Gasteiger partial charge in [-0.05, 0) is 12.3 Å². The molecule has 10 heavy (non-hydrogen) atoms. The van der Waals surface area contributed by atoms with E-state index >= 15 is 0 Å². The number of rotatable bonds is 4. The van der Waals surface area contributed by atoms with Crippen molar-refractivity contribution in [1.29, 1.82) is 0 Å². The molecule has 0 aromatic rings. The summed E-state index contributed by atoms with van der Waals surface area (Å²) in [4.78, 5) is 14.5. The van der Waals surface area contributed by atoms with E-state index in [1.54, 1.807) is 0 Å². The minimum atomic E-state index is -1.00. The molecule has 0 amide bonds. The predicted octanol–water partition coefficient (Wildman–Crippen LogP) is 0.376. The molecule has 3 N–H and O–H groups in total. The Kier molecular flexibility index (Phi) is 3.99. The topological polar surface area (TPSA) is 72.5 Å². The van der Waals surface area contributed by atoms with Gasteiger partial charge in [-0.1, -0.05) is 13.8 Å². The van der Waals surface area contributed by atoms with E-state index in [2.05, 4.69) is 4.84 Å². The van der Waals surface area contributed by atoms with Gasteiger partial charge >= 0.3 is 5.97 Å². The number of hydrogen-bond donors (Lipinski definition) is 2. The Hall–Kier alpha value is -0.610. The van der Waals surface area contributed by atoms with Crippen LogP contribution in [0.25, 0.3) is 0 Å². The van der Waals surface area contributed by atoms with Crippen molar-refractivity contribution >= 4 is 5.97 Å². The van der Waals surface area contributed by atoms with E-state index in [0.717, 1.165) is 0 Å². The van der Waals surface area contributed by atoms with Gasteiger partial charge in [-0.3, -0.25) is 4.84 Å². The van der Waals surface area contributed by atoms with Gasteiger partial charge in [-0.2, -0.15) is 0 Å². The van der Waals surface area contributed by atoms with Crippen LogP contribution in [0.2, 0.25) is 0 Å². The highest BCUT2D eigenvalue weighted by molar-refractivity contribution is 5.72. The van der Waals surface area contributed by atoms with Gasteiger partial charge in [-0.25, -0.2) is 10.7 Å². The summed E-state index contributed by atoms with van der Waals surface area (Å²) in [6, 6.07) is 0. The second-order valence-corrected chi connectivity index (χ2v) is 2.59. The van der Waals surface area contributed by atoms with Crippen LogP contribution in [0.1, 0.15) is 20.3 Å². The second-order valence-electron chi connectivity index (χ2n) is 2.59. The summed E-state index contributed by atoms with van der Waals surface area (Å²) < 4.78 is 0. The fraction of sp³-hybridized carbons (Fsp3) is 0.833. The number of carboxylic acid groups (broad SMARTS) is 1. The van der Waals surface area contributed by atoms with Crippen molar-refractivity contribution in [1.82, 2.24) is 0 Å². The number of aliphatic carboxylic acids is 1. The van der Waals surface area contributed by atoms with Crippen molar-refractivity contribution in [3.05, 3.63) is 0 Å². The third kappa shape index (κ3) is 3.42. The maximum Gasteiger partial charge on any atom is 0.334 e. The zero-order valence-electron chi connectivity index (χ0n) is 6.20. The molecule has 0 heterocycles. The van der Waals surface area contributed by atoms with Crippen LogP contribution in [0.5, 0.6) is 0 Å². The molecule has 0 saturated heterocycles. The van der Waals surface area contributed by atoms with E-state index in [1.165, 1.54) is 0 Å². The molecule has 0 aromatic carbocycles. The normalized spacial score (nSPS) is 13.6. The molecule has 0 bridgehead atoms. The van der Waals surface area contributed by atoms with Gasteiger partial charge in [0.15, 0.2) is 6.10 Å². The summed E-state index contributed by atoms with van der Waals surface area (Å²) in [6.45, 7) is 3.82. The number of carbonyl (C=O) groups is 1. The van der Waals surface area contributed by atoms with Crippen molar-refractivity contribution in [2.45, 2.75) is 26.4 Å². The van der Waals surface area contributed by atoms with E-state index in [0.29, 0.717) is 6.42 Å². The van der Waals surface area contributed by atoms with E-state index < -0.39 is 12.1 Å². The lowest BCUT2D eigenvalue weighted by molar-refractivity contribution is -0.151. The highest BCUT2D eigenvalue weighted by atomic mass is 16.6. The predicted molar refractivity (Wildman–Crippen MR) is 36.2 cm³/mol. The Morgan fingerprint density at radius 3 is 2.30 bits per heavy atom. The van der Waals surface area contributed by atoms with Crippen molar-refractivity contribution in [2.24, 2.45) is 11.8 Å². The summed E-state index contributed by atoms with van der Waals surface area (Å²) in [7, 11) is 0. The Morgan fingerprint density at radius 1 is 1.70 bits per heavy atom. The number of nitrogens with two attached hydrogens (primary N) is 1. The molecule has 0 rings (SSSR count). The maximum absolute atomic E-state index is 10.3. The SMILES string of the molecule is CC(C)C[C@@H](ON)C(=O)O. The van der Waals surface area contributed by atoms with E-state index in [9.17, 15) is 4.79 Å². The summed E-state index contributed by atoms with van der Waals surface area (Å²) in [5.74, 6) is 4.02. The van der Waals surface area contributed by atoms with Gasteiger partial charge in [0.2, 0.25) is 0 Å². The van der Waals surface area contributed by atoms with Crippen LogP contribution >= 0.6 is 0 Å². The van der Waals surface area contributed by atoms with E-state index in [-0.39, 0.29) is 5.92 Å². The Labute approximate surface area is 59.9 Å². The summed E-state index contributed by atoms with van der Waals surface area (Å²) in [6.07, 6.45) is -0.411. The lowest BCUT2D eigenvalue weighted by Gasteiger charge is -2.10. The van der Waals surface area contributed by atoms with Gasteiger partial charge in [0.05, 0.1) is 0 Å². The summed E-state index contributed by atoms with van der Waals surface area (Å²) >= 11 is 0. The molecule has 0 spiro atoms. The molecular weight excluding hydrogens is 134 g/mol. The average Bonchev–Trinajstić information content (AvgIpc) is 1.81. The smallest absolute Gasteiger partial charge is 0.334 e. The molecule has 0 aliphatic rings. The maximum atomic E-state index is 10.3. The second kappa shape index (κ2) is 4.24. The molecule has 0 aromatic heterocycles. The van der Waals surface area contributed by atoms with Gasteiger partial charge < -0.3 is 5.11 Å². The fourth-order valence-electron chi connectivity index (χ4n) is 0.643. The zero-order chi connectivity index (χ0) is 8.15. The highest BCUT2D eigenvalue weighted by Crippen LogP contribution is 2.06. The monoisotopic (exact) mass is 147 g/mol. The summed E-state index contributed by atoms with van der Waals surface area (Å²) in [5.41, 5.74) is 0.